The molecule has 3 aromatic rings. The number of carbonyl (C=O) groups excluding carboxylic acids is 1. The second-order valence-electron chi connectivity index (χ2n) is 10.4. The maximum absolute atomic E-state index is 11.7. The average Bonchev–Trinajstić information content (AvgIpc) is 3.66. The third-order valence-corrected chi connectivity index (χ3v) is 7.68. The van der Waals surface area contributed by atoms with Crippen molar-refractivity contribution in [1.29, 1.82) is 0 Å². The number of carbonyl (C=O) groups is 1. The number of hydrogen-bond acceptors (Lipinski definition) is 6. The molecule has 0 aromatic heterocycles. The van der Waals surface area contributed by atoms with Gasteiger partial charge in [-0.2, -0.15) is 0 Å². The maximum atomic E-state index is 11.7. The van der Waals surface area contributed by atoms with E-state index >= 15 is 0 Å². The Morgan fingerprint density at radius 1 is 1.00 bits per heavy atom. The van der Waals surface area contributed by atoms with Crippen molar-refractivity contribution < 1.29 is 28.5 Å². The van der Waals surface area contributed by atoms with E-state index in [1.54, 1.807) is 0 Å². The van der Waals surface area contributed by atoms with Crippen molar-refractivity contribution >= 4 is 5.97 Å². The van der Waals surface area contributed by atoms with Gasteiger partial charge in [0, 0.05) is 17.5 Å². The van der Waals surface area contributed by atoms with Crippen molar-refractivity contribution in [1.82, 2.24) is 0 Å². The van der Waals surface area contributed by atoms with Crippen LogP contribution in [0.3, 0.4) is 0 Å². The molecule has 1 unspecified atom stereocenters. The number of hydrogen-bond donors (Lipinski definition) is 0. The first-order valence-corrected chi connectivity index (χ1v) is 13.5. The monoisotopic (exact) mass is 514 g/mol. The fraction of sp³-hybridized carbons (Fsp3) is 0.406. The summed E-state index contributed by atoms with van der Waals surface area (Å²) in [6.45, 7) is 4.38. The fourth-order valence-corrected chi connectivity index (χ4v) is 5.43. The Balaban J connectivity index is 1.12. The molecule has 1 saturated carbocycles. The zero-order valence-corrected chi connectivity index (χ0v) is 22.1. The van der Waals surface area contributed by atoms with Crippen LogP contribution in [-0.2, 0) is 33.7 Å². The highest BCUT2D eigenvalue weighted by molar-refractivity contribution is 5.76. The molecule has 0 saturated heterocycles. The van der Waals surface area contributed by atoms with Crippen LogP contribution in [0.15, 0.2) is 48.5 Å². The van der Waals surface area contributed by atoms with Gasteiger partial charge >= 0.3 is 5.97 Å². The fourth-order valence-electron chi connectivity index (χ4n) is 5.43. The summed E-state index contributed by atoms with van der Waals surface area (Å²) in [5.74, 6) is 2.34. The number of aryl methyl sites for hydroxylation is 1. The zero-order valence-electron chi connectivity index (χ0n) is 22.1. The summed E-state index contributed by atoms with van der Waals surface area (Å²) in [4.78, 5) is 11.7. The predicted molar refractivity (Wildman–Crippen MR) is 144 cm³/mol. The minimum Gasteiger partial charge on any atom is -0.492 e. The van der Waals surface area contributed by atoms with Crippen molar-refractivity contribution in [3.8, 4) is 28.4 Å². The van der Waals surface area contributed by atoms with E-state index in [0.29, 0.717) is 39.0 Å². The summed E-state index contributed by atoms with van der Waals surface area (Å²) in [6, 6.07) is 16.6. The summed E-state index contributed by atoms with van der Waals surface area (Å²) in [7, 11) is 1.41. The molecule has 3 aromatic carbocycles. The van der Waals surface area contributed by atoms with Crippen molar-refractivity contribution in [2.24, 2.45) is 0 Å². The molecule has 6 rings (SSSR count). The van der Waals surface area contributed by atoms with Crippen LogP contribution in [0, 0.1) is 6.92 Å². The number of ether oxygens (including phenoxy) is 5. The Hall–Kier alpha value is -3.51. The molecule has 6 nitrogen and oxygen atoms in total. The van der Waals surface area contributed by atoms with Gasteiger partial charge in [0.1, 0.15) is 30.5 Å². The first-order valence-electron chi connectivity index (χ1n) is 13.5. The van der Waals surface area contributed by atoms with E-state index in [9.17, 15) is 4.79 Å². The molecule has 2 aliphatic carbocycles. The molecule has 0 spiro atoms. The summed E-state index contributed by atoms with van der Waals surface area (Å²) >= 11 is 0. The second-order valence-corrected chi connectivity index (χ2v) is 10.4. The van der Waals surface area contributed by atoms with Crippen LogP contribution in [0.1, 0.15) is 53.0 Å². The molecule has 198 valence electrons. The smallest absolute Gasteiger partial charge is 0.306 e. The molecule has 38 heavy (non-hydrogen) atoms. The van der Waals surface area contributed by atoms with E-state index in [4.69, 9.17) is 23.7 Å². The zero-order chi connectivity index (χ0) is 26.1. The minimum absolute atomic E-state index is 0.0249. The van der Waals surface area contributed by atoms with E-state index in [1.165, 1.54) is 47.8 Å². The molecule has 0 N–H and O–H groups in total. The number of rotatable bonds is 11. The lowest BCUT2D eigenvalue weighted by Gasteiger charge is -2.28. The molecule has 1 fully saturated rings. The van der Waals surface area contributed by atoms with Gasteiger partial charge in [-0.1, -0.05) is 24.3 Å². The highest BCUT2D eigenvalue weighted by Gasteiger charge is 2.28. The van der Waals surface area contributed by atoms with Gasteiger partial charge in [0.2, 0.25) is 0 Å². The Labute approximate surface area is 223 Å². The topological polar surface area (TPSA) is 63.2 Å². The number of benzene rings is 3. The van der Waals surface area contributed by atoms with Crippen molar-refractivity contribution in [3.05, 3.63) is 76.3 Å². The van der Waals surface area contributed by atoms with Gasteiger partial charge in [-0.05, 0) is 84.2 Å². The van der Waals surface area contributed by atoms with Gasteiger partial charge in [0.15, 0.2) is 0 Å². The summed E-state index contributed by atoms with van der Waals surface area (Å²) in [5, 5.41) is 0. The van der Waals surface area contributed by atoms with Crippen LogP contribution in [0.2, 0.25) is 0 Å². The van der Waals surface area contributed by atoms with Crippen molar-refractivity contribution in [3.63, 3.8) is 0 Å². The van der Waals surface area contributed by atoms with Gasteiger partial charge in [0.25, 0.3) is 0 Å². The molecule has 1 heterocycles. The summed E-state index contributed by atoms with van der Waals surface area (Å²) < 4.78 is 28.6. The first-order chi connectivity index (χ1) is 18.6. The molecular weight excluding hydrogens is 480 g/mol. The second kappa shape index (κ2) is 10.7. The lowest BCUT2D eigenvalue weighted by molar-refractivity contribution is -0.141. The number of fused-ring (bicyclic) bond motifs is 2. The SMILES string of the molecule is COC(=O)CC1COc2cc(OCc3cccc(-c4c(C)cc(OCCOC5CC5)c5c4CC5)c3)ccc21. The lowest BCUT2D eigenvalue weighted by Crippen LogP contribution is -2.16. The first kappa shape index (κ1) is 24.8. The Morgan fingerprint density at radius 3 is 2.66 bits per heavy atom. The molecule has 0 amide bonds. The van der Waals surface area contributed by atoms with Crippen molar-refractivity contribution in [2.75, 3.05) is 26.9 Å². The lowest BCUT2D eigenvalue weighted by atomic mass is 9.79. The maximum Gasteiger partial charge on any atom is 0.306 e. The molecule has 3 aliphatic rings. The number of methoxy groups -OCH3 is 1. The van der Waals surface area contributed by atoms with E-state index in [0.717, 1.165) is 41.2 Å². The number of esters is 1. The van der Waals surface area contributed by atoms with Crippen LogP contribution >= 0.6 is 0 Å². The quantitative estimate of drug-likeness (QED) is 0.233. The Kier molecular flexibility index (Phi) is 6.98. The summed E-state index contributed by atoms with van der Waals surface area (Å²) in [5.41, 5.74) is 8.64. The normalized spacial score (nSPS) is 17.2. The van der Waals surface area contributed by atoms with Gasteiger partial charge in [0.05, 0.1) is 32.8 Å². The molecule has 1 atom stereocenters. The predicted octanol–water partition coefficient (Wildman–Crippen LogP) is 5.94. The van der Waals surface area contributed by atoms with E-state index in [2.05, 4.69) is 37.3 Å². The van der Waals surface area contributed by atoms with Crippen LogP contribution in [0.5, 0.6) is 17.2 Å². The standard InChI is InChI=1S/C32H34O6/c1-20-14-29(36-13-12-35-24-6-7-24)27-10-11-28(27)32(20)22-5-3-4-21(15-22)18-37-25-8-9-26-23(16-31(33)34-2)19-38-30(26)17-25/h3-5,8-9,14-15,17,23-24H,6-7,10-13,16,18-19H2,1-2H3. The Morgan fingerprint density at radius 2 is 1.87 bits per heavy atom. The molecule has 0 radical (unpaired) electrons. The van der Waals surface area contributed by atoms with Crippen LogP contribution in [0.4, 0.5) is 0 Å². The highest BCUT2D eigenvalue weighted by Crippen LogP contribution is 2.42. The third kappa shape index (κ3) is 5.23. The molecular formula is C32H34O6. The molecule has 6 heteroatoms. The van der Waals surface area contributed by atoms with Gasteiger partial charge in [-0.25, -0.2) is 0 Å². The van der Waals surface area contributed by atoms with Gasteiger partial charge in [-0.3, -0.25) is 4.79 Å². The average molecular weight is 515 g/mol. The minimum atomic E-state index is -0.225. The largest absolute Gasteiger partial charge is 0.492 e. The van der Waals surface area contributed by atoms with Gasteiger partial charge < -0.3 is 23.7 Å². The van der Waals surface area contributed by atoms with Crippen LogP contribution in [0.25, 0.3) is 11.1 Å². The molecule has 0 bridgehead atoms. The van der Waals surface area contributed by atoms with Crippen LogP contribution in [-0.4, -0.2) is 39.0 Å². The third-order valence-electron chi connectivity index (χ3n) is 7.68. The Bertz CT molecular complexity index is 1340. The van der Waals surface area contributed by atoms with E-state index in [-0.39, 0.29) is 11.9 Å². The molecule has 1 aliphatic heterocycles. The highest BCUT2D eigenvalue weighted by atomic mass is 16.5. The van der Waals surface area contributed by atoms with Crippen LogP contribution < -0.4 is 14.2 Å². The summed E-state index contributed by atoms with van der Waals surface area (Å²) in [6.07, 6.45) is 5.30. The van der Waals surface area contributed by atoms with Gasteiger partial charge in [-0.15, -0.1) is 0 Å². The van der Waals surface area contributed by atoms with E-state index in [1.807, 2.05) is 18.2 Å². The van der Waals surface area contributed by atoms with E-state index < -0.39 is 0 Å². The van der Waals surface area contributed by atoms with Crippen molar-refractivity contribution in [2.45, 2.75) is 57.7 Å².